The lowest BCUT2D eigenvalue weighted by molar-refractivity contribution is 0.348. The Hall–Kier alpha value is -1.95. The maximum absolute atomic E-state index is 4.54. The lowest BCUT2D eigenvalue weighted by atomic mass is 10.0. The zero-order valence-electron chi connectivity index (χ0n) is 13.8. The summed E-state index contributed by atoms with van der Waals surface area (Å²) in [6.07, 6.45) is 8.14. The van der Waals surface area contributed by atoms with Gasteiger partial charge < -0.3 is 9.88 Å². The van der Waals surface area contributed by atoms with Crippen LogP contribution in [0.25, 0.3) is 11.0 Å². The van der Waals surface area contributed by atoms with E-state index in [4.69, 9.17) is 0 Å². The maximum atomic E-state index is 4.54. The Morgan fingerprint density at radius 3 is 2.87 bits per heavy atom. The van der Waals surface area contributed by atoms with Crippen LogP contribution in [-0.2, 0) is 0 Å². The average Bonchev–Trinajstić information content (AvgIpc) is 3.25. The number of aliphatic imine (C=N–C) groups is 1. The van der Waals surface area contributed by atoms with Crippen molar-refractivity contribution in [2.24, 2.45) is 16.8 Å². The van der Waals surface area contributed by atoms with Crippen molar-refractivity contribution in [2.45, 2.75) is 18.9 Å². The molecule has 2 fully saturated rings. The fourth-order valence-electron chi connectivity index (χ4n) is 4.34. The first kappa shape index (κ1) is 14.6. The second kappa shape index (κ2) is 5.92. The van der Waals surface area contributed by atoms with Gasteiger partial charge in [-0.2, -0.15) is 0 Å². The number of hydrogen-bond donors (Lipinski definition) is 1. The van der Waals surface area contributed by atoms with E-state index in [-0.39, 0.29) is 0 Å². The van der Waals surface area contributed by atoms with Crippen molar-refractivity contribution in [3.8, 4) is 0 Å². The van der Waals surface area contributed by atoms with Gasteiger partial charge in [-0.15, -0.1) is 0 Å². The number of aromatic nitrogens is 3. The molecule has 0 amide bonds. The summed E-state index contributed by atoms with van der Waals surface area (Å²) in [6, 6.07) is 2.66. The van der Waals surface area contributed by atoms with Crippen LogP contribution in [0.5, 0.6) is 0 Å². The van der Waals surface area contributed by atoms with Crippen LogP contribution in [0, 0.1) is 11.8 Å². The predicted molar refractivity (Wildman–Crippen MR) is 93.1 cm³/mol. The molecule has 0 aromatic carbocycles. The largest absolute Gasteiger partial charge is 0.356 e. The van der Waals surface area contributed by atoms with Gasteiger partial charge in [0.2, 0.25) is 0 Å². The van der Waals surface area contributed by atoms with E-state index in [0.29, 0.717) is 6.04 Å². The number of rotatable bonds is 4. The van der Waals surface area contributed by atoms with E-state index in [1.54, 1.807) is 6.33 Å². The van der Waals surface area contributed by atoms with Crippen LogP contribution >= 0.6 is 0 Å². The van der Waals surface area contributed by atoms with Gasteiger partial charge in [-0.1, -0.05) is 0 Å². The van der Waals surface area contributed by atoms with Crippen molar-refractivity contribution < 1.29 is 0 Å². The second-order valence-electron chi connectivity index (χ2n) is 6.85. The summed E-state index contributed by atoms with van der Waals surface area (Å²) in [5.41, 5.74) is 0.921. The summed E-state index contributed by atoms with van der Waals surface area (Å²) in [5, 5.41) is 1.12. The third-order valence-electron chi connectivity index (χ3n) is 5.54. The van der Waals surface area contributed by atoms with E-state index in [0.717, 1.165) is 35.2 Å². The summed E-state index contributed by atoms with van der Waals surface area (Å²) in [6.45, 7) is 3.43. The van der Waals surface area contributed by atoms with Crippen molar-refractivity contribution >= 4 is 23.1 Å². The summed E-state index contributed by atoms with van der Waals surface area (Å²) in [5.74, 6) is 2.68. The highest BCUT2D eigenvalue weighted by atomic mass is 15.2. The normalized spacial score (nSPS) is 28.0. The third-order valence-corrected chi connectivity index (χ3v) is 5.54. The molecule has 0 spiro atoms. The minimum absolute atomic E-state index is 0.583. The van der Waals surface area contributed by atoms with Gasteiger partial charge in [0.25, 0.3) is 0 Å². The molecule has 2 aromatic rings. The second-order valence-corrected chi connectivity index (χ2v) is 6.85. The number of anilines is 1. The van der Waals surface area contributed by atoms with Crippen LogP contribution in [0.4, 0.5) is 5.82 Å². The topological polar surface area (TPSA) is 60.4 Å². The summed E-state index contributed by atoms with van der Waals surface area (Å²) in [7, 11) is 4.04. The monoisotopic (exact) mass is 312 g/mol. The molecule has 3 atom stereocenters. The fraction of sp³-hybridized carbons (Fsp3) is 0.588. The van der Waals surface area contributed by atoms with E-state index >= 15 is 0 Å². The summed E-state index contributed by atoms with van der Waals surface area (Å²) >= 11 is 0. The molecule has 6 heteroatoms. The summed E-state index contributed by atoms with van der Waals surface area (Å²) in [4.78, 5) is 21.0. The zero-order valence-corrected chi connectivity index (χ0v) is 13.8. The van der Waals surface area contributed by atoms with E-state index in [9.17, 15) is 0 Å². The first-order valence-electron chi connectivity index (χ1n) is 8.40. The van der Waals surface area contributed by atoms with Gasteiger partial charge >= 0.3 is 0 Å². The maximum Gasteiger partial charge on any atom is 0.142 e. The first-order valence-corrected chi connectivity index (χ1v) is 8.40. The Bertz CT molecular complexity index is 694. The Kier molecular flexibility index (Phi) is 3.77. The number of likely N-dealkylation sites (tertiary alicyclic amines) is 1. The molecule has 4 rings (SSSR count). The summed E-state index contributed by atoms with van der Waals surface area (Å²) < 4.78 is 0. The molecule has 1 aliphatic heterocycles. The van der Waals surface area contributed by atoms with Crippen LogP contribution in [0.15, 0.2) is 23.6 Å². The molecule has 1 saturated heterocycles. The van der Waals surface area contributed by atoms with Crippen LogP contribution < -0.4 is 4.90 Å². The van der Waals surface area contributed by atoms with Crippen molar-refractivity contribution in [1.82, 2.24) is 19.9 Å². The highest BCUT2D eigenvalue weighted by Gasteiger charge is 2.42. The molecule has 0 bridgehead atoms. The molecule has 1 saturated carbocycles. The van der Waals surface area contributed by atoms with Crippen LogP contribution in [-0.4, -0.2) is 65.8 Å². The van der Waals surface area contributed by atoms with E-state index in [1.165, 1.54) is 25.9 Å². The van der Waals surface area contributed by atoms with E-state index < -0.39 is 0 Å². The van der Waals surface area contributed by atoms with Gasteiger partial charge in [0, 0.05) is 52.2 Å². The van der Waals surface area contributed by atoms with Crippen molar-refractivity contribution in [3.05, 3.63) is 18.6 Å². The minimum atomic E-state index is 0.583. The van der Waals surface area contributed by atoms with Crippen molar-refractivity contribution in [2.75, 3.05) is 38.6 Å². The molecule has 1 N–H and O–H groups in total. The van der Waals surface area contributed by atoms with Crippen LogP contribution in [0.3, 0.4) is 0 Å². The minimum Gasteiger partial charge on any atom is -0.356 e. The molecular weight excluding hydrogens is 288 g/mol. The molecule has 2 aliphatic rings. The van der Waals surface area contributed by atoms with Crippen molar-refractivity contribution in [3.63, 3.8) is 0 Å². The molecule has 122 valence electrons. The fourth-order valence-corrected chi connectivity index (χ4v) is 4.34. The van der Waals surface area contributed by atoms with Gasteiger partial charge in [0.1, 0.15) is 17.8 Å². The number of nitrogens with zero attached hydrogens (tertiary/aromatic N) is 5. The molecule has 3 heterocycles. The van der Waals surface area contributed by atoms with Crippen molar-refractivity contribution in [1.29, 1.82) is 0 Å². The zero-order chi connectivity index (χ0) is 15.8. The van der Waals surface area contributed by atoms with Crippen LogP contribution in [0.2, 0.25) is 0 Å². The molecular formula is C17H24N6. The standard InChI is InChI=1S/C17H24N6/c1-18-5-6-23-9-12-7-14(8-13(12)10-23)22(2)17-15-3-4-19-16(15)20-11-21-17/h3-5,11-14H,6-10H2,1-2H3,(H,19,20,21)/b18-5-/t12-,13+,14-. The highest BCUT2D eigenvalue weighted by molar-refractivity contribution is 5.87. The van der Waals surface area contributed by atoms with Gasteiger partial charge in [-0.25, -0.2) is 9.97 Å². The first-order chi connectivity index (χ1) is 11.3. The average molecular weight is 312 g/mol. The number of hydrogen-bond acceptors (Lipinski definition) is 5. The third kappa shape index (κ3) is 2.61. The highest BCUT2D eigenvalue weighted by Crippen LogP contribution is 2.41. The lowest BCUT2D eigenvalue weighted by Crippen LogP contribution is -2.33. The van der Waals surface area contributed by atoms with Gasteiger partial charge in [0.05, 0.1) is 5.39 Å². The number of nitrogens with one attached hydrogen (secondary N) is 1. The molecule has 2 aromatic heterocycles. The Morgan fingerprint density at radius 1 is 1.35 bits per heavy atom. The Balaban J connectivity index is 1.46. The van der Waals surface area contributed by atoms with E-state index in [2.05, 4.69) is 42.9 Å². The van der Waals surface area contributed by atoms with Gasteiger partial charge in [-0.05, 0) is 30.7 Å². The quantitative estimate of drug-likeness (QED) is 0.875. The van der Waals surface area contributed by atoms with E-state index in [1.807, 2.05) is 19.5 Å². The SMILES string of the molecule is C/N=C\CN1C[C@H]2C[C@@H](N(C)c3ncnc4[nH]ccc34)C[C@H]2C1. The van der Waals surface area contributed by atoms with Crippen LogP contribution in [0.1, 0.15) is 12.8 Å². The number of aromatic amines is 1. The molecule has 0 radical (unpaired) electrons. The number of fused-ring (bicyclic) bond motifs is 2. The van der Waals surface area contributed by atoms with Gasteiger partial charge in [-0.3, -0.25) is 9.89 Å². The smallest absolute Gasteiger partial charge is 0.142 e. The molecule has 23 heavy (non-hydrogen) atoms. The Morgan fingerprint density at radius 2 is 2.13 bits per heavy atom. The molecule has 0 unspecified atom stereocenters. The lowest BCUT2D eigenvalue weighted by Gasteiger charge is -2.27. The Labute approximate surface area is 136 Å². The van der Waals surface area contributed by atoms with Gasteiger partial charge in [0.15, 0.2) is 0 Å². The predicted octanol–water partition coefficient (Wildman–Crippen LogP) is 1.81. The molecule has 6 nitrogen and oxygen atoms in total. The molecule has 1 aliphatic carbocycles. The number of H-pyrrole nitrogens is 1.